The molecule has 1 amide bonds. The van der Waals surface area contributed by atoms with Crippen molar-refractivity contribution in [3.05, 3.63) is 114 Å². The Balaban J connectivity index is 1.60. The number of amides is 1. The zero-order valence-electron chi connectivity index (χ0n) is 20.3. The fourth-order valence-corrected chi connectivity index (χ4v) is 4.19. The van der Waals surface area contributed by atoms with Crippen LogP contribution in [0.1, 0.15) is 26.3 Å². The maximum atomic E-state index is 13.8. The number of nitrogens with one attached hydrogen (secondary N) is 1. The fourth-order valence-electron chi connectivity index (χ4n) is 3.64. The molecule has 37 heavy (non-hydrogen) atoms. The van der Waals surface area contributed by atoms with Gasteiger partial charge >= 0.3 is 0 Å². The molecule has 0 saturated carbocycles. The topological polar surface area (TPSA) is 104 Å². The minimum atomic E-state index is -0.979. The SMILES string of the molecule is CSc1ncccc1C(=O)NC(COCc1ccccc1)C(=O)c1ccc(N)cc1Oc1ccccc1. The first-order valence-electron chi connectivity index (χ1n) is 11.6. The third-order valence-electron chi connectivity index (χ3n) is 5.47. The number of ether oxygens (including phenoxy) is 2. The molecule has 1 unspecified atom stereocenters. The van der Waals surface area contributed by atoms with Crippen LogP contribution < -0.4 is 15.8 Å². The molecule has 0 aliphatic carbocycles. The number of rotatable bonds is 11. The fraction of sp³-hybridized carbons (Fsp3) is 0.138. The summed E-state index contributed by atoms with van der Waals surface area (Å²) in [5, 5.41) is 3.41. The Morgan fingerprint density at radius 2 is 1.68 bits per heavy atom. The number of nitrogens with two attached hydrogens (primary N) is 1. The molecule has 4 rings (SSSR count). The van der Waals surface area contributed by atoms with Crippen molar-refractivity contribution in [1.29, 1.82) is 0 Å². The number of para-hydroxylation sites is 1. The van der Waals surface area contributed by atoms with Gasteiger partial charge in [-0.3, -0.25) is 9.59 Å². The van der Waals surface area contributed by atoms with Crippen molar-refractivity contribution in [2.75, 3.05) is 18.6 Å². The number of hydrogen-bond acceptors (Lipinski definition) is 7. The smallest absolute Gasteiger partial charge is 0.254 e. The van der Waals surface area contributed by atoms with Gasteiger partial charge in [0.2, 0.25) is 0 Å². The quantitative estimate of drug-likeness (QED) is 0.158. The van der Waals surface area contributed by atoms with Crippen molar-refractivity contribution in [3.63, 3.8) is 0 Å². The molecule has 8 heteroatoms. The molecule has 1 aromatic heterocycles. The summed E-state index contributed by atoms with van der Waals surface area (Å²) < 4.78 is 11.9. The molecule has 0 spiro atoms. The van der Waals surface area contributed by atoms with E-state index in [1.807, 2.05) is 54.8 Å². The Bertz CT molecular complexity index is 1350. The van der Waals surface area contributed by atoms with Crippen LogP contribution in [0, 0.1) is 0 Å². The molecular weight excluding hydrogens is 486 g/mol. The Labute approximate surface area is 220 Å². The van der Waals surface area contributed by atoms with E-state index in [9.17, 15) is 9.59 Å². The molecule has 0 fully saturated rings. The summed E-state index contributed by atoms with van der Waals surface area (Å²) in [6, 6.07) is 25.9. The van der Waals surface area contributed by atoms with Gasteiger partial charge in [0.1, 0.15) is 22.6 Å². The number of hydrogen-bond donors (Lipinski definition) is 2. The largest absolute Gasteiger partial charge is 0.457 e. The van der Waals surface area contributed by atoms with Crippen LogP contribution in [0.4, 0.5) is 5.69 Å². The van der Waals surface area contributed by atoms with Crippen LogP contribution in [-0.4, -0.2) is 35.6 Å². The second-order valence-electron chi connectivity index (χ2n) is 8.12. The summed E-state index contributed by atoms with van der Waals surface area (Å²) >= 11 is 1.35. The molecule has 1 heterocycles. The summed E-state index contributed by atoms with van der Waals surface area (Å²) in [5.74, 6) is 0.0785. The van der Waals surface area contributed by atoms with Gasteiger partial charge in [-0.1, -0.05) is 48.5 Å². The summed E-state index contributed by atoms with van der Waals surface area (Å²) in [6.45, 7) is 0.252. The minimum absolute atomic E-state index is 0.0382. The van der Waals surface area contributed by atoms with Gasteiger partial charge in [0.15, 0.2) is 5.78 Å². The molecule has 188 valence electrons. The number of nitrogens with zero attached hydrogens (tertiary/aromatic N) is 1. The van der Waals surface area contributed by atoms with E-state index in [1.165, 1.54) is 11.8 Å². The third kappa shape index (κ3) is 6.97. The first-order valence-corrected chi connectivity index (χ1v) is 12.9. The lowest BCUT2D eigenvalue weighted by molar-refractivity contribution is 0.0669. The van der Waals surface area contributed by atoms with Gasteiger partial charge in [0, 0.05) is 18.0 Å². The van der Waals surface area contributed by atoms with E-state index in [0.29, 0.717) is 34.4 Å². The molecule has 3 N–H and O–H groups in total. The molecule has 3 aromatic carbocycles. The van der Waals surface area contributed by atoms with Crippen molar-refractivity contribution in [1.82, 2.24) is 10.3 Å². The second kappa shape index (κ2) is 12.7. The number of nitrogen functional groups attached to an aromatic ring is 1. The van der Waals surface area contributed by atoms with Crippen LogP contribution in [0.2, 0.25) is 0 Å². The zero-order chi connectivity index (χ0) is 26.0. The van der Waals surface area contributed by atoms with E-state index in [-0.39, 0.29) is 18.0 Å². The highest BCUT2D eigenvalue weighted by Crippen LogP contribution is 2.29. The van der Waals surface area contributed by atoms with Crippen molar-refractivity contribution in [2.24, 2.45) is 0 Å². The number of Topliss-reactive ketones (excluding diaryl/α,β-unsaturated/α-hetero) is 1. The van der Waals surface area contributed by atoms with Crippen LogP contribution in [-0.2, 0) is 11.3 Å². The van der Waals surface area contributed by atoms with Gasteiger partial charge in [-0.05, 0) is 48.2 Å². The van der Waals surface area contributed by atoms with Gasteiger partial charge in [0.25, 0.3) is 5.91 Å². The van der Waals surface area contributed by atoms with Crippen LogP contribution >= 0.6 is 11.8 Å². The standard InChI is InChI=1S/C29H27N3O4S/c1-37-29-24(13-8-16-31-29)28(34)32-25(19-35-18-20-9-4-2-5-10-20)27(33)23-15-14-21(30)17-26(23)36-22-11-6-3-7-12-22/h2-17,25H,18-19,30H2,1H3,(H,32,34). The Morgan fingerprint density at radius 3 is 2.41 bits per heavy atom. The predicted octanol–water partition coefficient (Wildman–Crippen LogP) is 5.38. The van der Waals surface area contributed by atoms with Gasteiger partial charge in [-0.25, -0.2) is 4.98 Å². The first kappa shape index (κ1) is 25.9. The Hall–Kier alpha value is -4.14. The van der Waals surface area contributed by atoms with Crippen LogP contribution in [0.25, 0.3) is 0 Å². The summed E-state index contributed by atoms with van der Waals surface area (Å²) in [4.78, 5) is 31.3. The molecule has 4 aromatic rings. The Kier molecular flexibility index (Phi) is 8.91. The summed E-state index contributed by atoms with van der Waals surface area (Å²) in [6.07, 6.45) is 3.46. The zero-order valence-corrected chi connectivity index (χ0v) is 21.1. The molecule has 0 aliphatic heterocycles. The summed E-state index contributed by atoms with van der Waals surface area (Å²) in [7, 11) is 0. The highest BCUT2D eigenvalue weighted by Gasteiger charge is 2.27. The molecule has 0 bridgehead atoms. The van der Waals surface area contributed by atoms with Gasteiger partial charge in [-0.15, -0.1) is 11.8 Å². The van der Waals surface area contributed by atoms with Gasteiger partial charge in [-0.2, -0.15) is 0 Å². The van der Waals surface area contributed by atoms with Crippen molar-refractivity contribution < 1.29 is 19.1 Å². The number of ketones is 1. The molecule has 0 radical (unpaired) electrons. The lowest BCUT2D eigenvalue weighted by Gasteiger charge is -2.20. The third-order valence-corrected chi connectivity index (χ3v) is 6.18. The maximum Gasteiger partial charge on any atom is 0.254 e. The van der Waals surface area contributed by atoms with Crippen molar-refractivity contribution in [2.45, 2.75) is 17.7 Å². The first-order chi connectivity index (χ1) is 18.0. The number of anilines is 1. The molecule has 0 saturated heterocycles. The average molecular weight is 514 g/mol. The lowest BCUT2D eigenvalue weighted by atomic mass is 10.0. The lowest BCUT2D eigenvalue weighted by Crippen LogP contribution is -2.44. The van der Waals surface area contributed by atoms with Crippen LogP contribution in [0.15, 0.2) is 102 Å². The normalized spacial score (nSPS) is 11.5. The second-order valence-corrected chi connectivity index (χ2v) is 8.92. The predicted molar refractivity (Wildman–Crippen MR) is 145 cm³/mol. The number of thioether (sulfide) groups is 1. The molecule has 7 nitrogen and oxygen atoms in total. The number of aromatic nitrogens is 1. The van der Waals surface area contributed by atoms with E-state index >= 15 is 0 Å². The van der Waals surface area contributed by atoms with Crippen LogP contribution in [0.5, 0.6) is 11.5 Å². The van der Waals surface area contributed by atoms with E-state index in [1.54, 1.807) is 48.7 Å². The average Bonchev–Trinajstić information content (AvgIpc) is 2.93. The monoisotopic (exact) mass is 513 g/mol. The molecule has 1 atom stereocenters. The van der Waals surface area contributed by atoms with E-state index in [0.717, 1.165) is 5.56 Å². The number of carbonyl (C=O) groups excluding carboxylic acids is 2. The summed E-state index contributed by atoms with van der Waals surface area (Å²) in [5.41, 5.74) is 8.06. The molecule has 0 aliphatic rings. The minimum Gasteiger partial charge on any atom is -0.457 e. The maximum absolute atomic E-state index is 13.8. The van der Waals surface area contributed by atoms with Crippen molar-refractivity contribution in [3.8, 4) is 11.5 Å². The Morgan fingerprint density at radius 1 is 0.946 bits per heavy atom. The van der Waals surface area contributed by atoms with Gasteiger partial charge in [0.05, 0.1) is 24.3 Å². The highest BCUT2D eigenvalue weighted by atomic mass is 32.2. The van der Waals surface area contributed by atoms with E-state index in [4.69, 9.17) is 15.2 Å². The van der Waals surface area contributed by atoms with E-state index < -0.39 is 11.9 Å². The van der Waals surface area contributed by atoms with Gasteiger partial charge < -0.3 is 20.5 Å². The number of benzene rings is 3. The number of carbonyl (C=O) groups is 2. The highest BCUT2D eigenvalue weighted by molar-refractivity contribution is 7.98. The van der Waals surface area contributed by atoms with E-state index in [2.05, 4.69) is 10.3 Å². The van der Waals surface area contributed by atoms with Crippen molar-refractivity contribution >= 4 is 29.1 Å². The molecular formula is C29H27N3O4S. The number of pyridine rings is 1. The van der Waals surface area contributed by atoms with Crippen LogP contribution in [0.3, 0.4) is 0 Å².